The van der Waals surface area contributed by atoms with Gasteiger partial charge in [-0.25, -0.2) is 9.97 Å². The fourth-order valence-electron chi connectivity index (χ4n) is 1.66. The number of oxazole rings is 1. The number of thioether (sulfide) groups is 1. The Kier molecular flexibility index (Phi) is 3.31. The first-order valence-electron chi connectivity index (χ1n) is 5.60. The molecule has 0 bridgehead atoms. The predicted octanol–water partition coefficient (Wildman–Crippen LogP) is 3.75. The number of nitrogens with zero attached hydrogens (tertiary/aromatic N) is 2. The summed E-state index contributed by atoms with van der Waals surface area (Å²) in [5.41, 5.74) is 7.88. The molecule has 0 aliphatic heterocycles. The van der Waals surface area contributed by atoms with E-state index in [2.05, 4.69) is 9.97 Å². The number of hydrogen-bond donors (Lipinski definition) is 1. The third kappa shape index (κ3) is 2.67. The number of anilines is 1. The van der Waals surface area contributed by atoms with Crippen LogP contribution in [0.1, 0.15) is 5.89 Å². The molecule has 1 aromatic carbocycles. The van der Waals surface area contributed by atoms with Gasteiger partial charge in [-0.15, -0.1) is 0 Å². The van der Waals surface area contributed by atoms with Crippen molar-refractivity contribution in [1.29, 1.82) is 0 Å². The summed E-state index contributed by atoms with van der Waals surface area (Å²) in [6.07, 6.45) is 1.71. The molecule has 0 unspecified atom stereocenters. The number of aromatic nitrogens is 2. The molecule has 0 atom stereocenters. The van der Waals surface area contributed by atoms with E-state index in [9.17, 15) is 0 Å². The van der Waals surface area contributed by atoms with E-state index in [0.29, 0.717) is 22.4 Å². The highest BCUT2D eigenvalue weighted by atomic mass is 35.5. The molecule has 0 fully saturated rings. The predicted molar refractivity (Wildman–Crippen MR) is 77.2 cm³/mol. The first-order valence-corrected chi connectivity index (χ1v) is 6.97. The summed E-state index contributed by atoms with van der Waals surface area (Å²) in [6, 6.07) is 9.01. The molecule has 4 nitrogen and oxygen atoms in total. The van der Waals surface area contributed by atoms with Gasteiger partial charge >= 0.3 is 0 Å². The van der Waals surface area contributed by atoms with Crippen molar-refractivity contribution in [2.45, 2.75) is 10.8 Å². The third-order valence-electron chi connectivity index (χ3n) is 2.51. The van der Waals surface area contributed by atoms with E-state index in [1.54, 1.807) is 24.4 Å². The first kappa shape index (κ1) is 12.3. The molecule has 0 saturated heterocycles. The zero-order valence-electron chi connectivity index (χ0n) is 9.84. The zero-order valence-corrected chi connectivity index (χ0v) is 11.4. The summed E-state index contributed by atoms with van der Waals surface area (Å²) in [7, 11) is 0. The van der Waals surface area contributed by atoms with Gasteiger partial charge in [0.05, 0.1) is 10.8 Å². The van der Waals surface area contributed by atoms with Crippen molar-refractivity contribution in [3.8, 4) is 0 Å². The van der Waals surface area contributed by atoms with Gasteiger partial charge in [0.1, 0.15) is 10.5 Å². The van der Waals surface area contributed by atoms with Crippen LogP contribution < -0.4 is 5.73 Å². The molecule has 0 radical (unpaired) electrons. The average Bonchev–Trinajstić information content (AvgIpc) is 2.79. The van der Waals surface area contributed by atoms with E-state index in [1.165, 1.54) is 11.8 Å². The summed E-state index contributed by atoms with van der Waals surface area (Å²) in [5, 5.41) is 1.40. The van der Waals surface area contributed by atoms with Gasteiger partial charge in [-0.3, -0.25) is 0 Å². The van der Waals surface area contributed by atoms with Crippen molar-refractivity contribution < 1.29 is 4.42 Å². The van der Waals surface area contributed by atoms with E-state index >= 15 is 0 Å². The van der Waals surface area contributed by atoms with Crippen LogP contribution >= 0.6 is 23.4 Å². The Morgan fingerprint density at radius 1 is 1.32 bits per heavy atom. The highest BCUT2D eigenvalue weighted by Gasteiger charge is 2.08. The summed E-state index contributed by atoms with van der Waals surface area (Å²) in [4.78, 5) is 8.58. The number of halogens is 1. The van der Waals surface area contributed by atoms with Gasteiger partial charge in [0.2, 0.25) is 5.89 Å². The topological polar surface area (TPSA) is 64.9 Å². The van der Waals surface area contributed by atoms with Crippen molar-refractivity contribution in [2.24, 2.45) is 0 Å². The number of nitrogen functional groups attached to an aromatic ring is 1. The monoisotopic (exact) mass is 291 g/mol. The quantitative estimate of drug-likeness (QED) is 0.588. The Hall–Kier alpha value is -1.72. The molecule has 6 heteroatoms. The van der Waals surface area contributed by atoms with Crippen LogP contribution in [0.5, 0.6) is 0 Å². The molecule has 0 aliphatic rings. The van der Waals surface area contributed by atoms with Crippen LogP contribution in [-0.4, -0.2) is 9.97 Å². The van der Waals surface area contributed by atoms with Crippen LogP contribution in [0.15, 0.2) is 46.0 Å². The number of nitrogens with two attached hydrogens (primary N) is 1. The van der Waals surface area contributed by atoms with E-state index in [-0.39, 0.29) is 0 Å². The van der Waals surface area contributed by atoms with Gasteiger partial charge in [-0.2, -0.15) is 0 Å². The molecule has 19 heavy (non-hydrogen) atoms. The largest absolute Gasteiger partial charge is 0.440 e. The van der Waals surface area contributed by atoms with Crippen molar-refractivity contribution >= 4 is 40.1 Å². The summed E-state index contributed by atoms with van der Waals surface area (Å²) < 4.78 is 5.63. The molecule has 96 valence electrons. The molecule has 0 saturated carbocycles. The normalized spacial score (nSPS) is 11.0. The van der Waals surface area contributed by atoms with Gasteiger partial charge in [-0.05, 0) is 30.3 Å². The number of benzene rings is 1. The molecular weight excluding hydrogens is 282 g/mol. The summed E-state index contributed by atoms with van der Waals surface area (Å²) in [6.45, 7) is 0. The van der Waals surface area contributed by atoms with Crippen molar-refractivity contribution in [3.05, 3.63) is 47.4 Å². The van der Waals surface area contributed by atoms with Gasteiger partial charge in [0, 0.05) is 11.9 Å². The van der Waals surface area contributed by atoms with Crippen LogP contribution in [0.3, 0.4) is 0 Å². The lowest BCUT2D eigenvalue weighted by molar-refractivity contribution is 0.556. The van der Waals surface area contributed by atoms with E-state index in [1.807, 2.05) is 12.1 Å². The fourth-order valence-corrected chi connectivity index (χ4v) is 2.67. The van der Waals surface area contributed by atoms with Crippen LogP contribution in [0.4, 0.5) is 5.69 Å². The lowest BCUT2D eigenvalue weighted by Crippen LogP contribution is -1.84. The van der Waals surface area contributed by atoms with Crippen LogP contribution in [0.2, 0.25) is 5.02 Å². The highest BCUT2D eigenvalue weighted by Crippen LogP contribution is 2.28. The number of pyridine rings is 1. The maximum Gasteiger partial charge on any atom is 0.205 e. The number of fused-ring (bicyclic) bond motifs is 1. The molecule has 3 aromatic rings. The SMILES string of the molecule is Nc1ccc2oc(CSc3ncccc3Cl)nc2c1. The molecule has 0 aliphatic carbocycles. The minimum Gasteiger partial charge on any atom is -0.440 e. The lowest BCUT2D eigenvalue weighted by atomic mass is 10.3. The zero-order chi connectivity index (χ0) is 13.2. The Labute approximate surface area is 119 Å². The minimum atomic E-state index is 0.575. The third-order valence-corrected chi connectivity index (χ3v) is 3.92. The summed E-state index contributed by atoms with van der Waals surface area (Å²) >= 11 is 7.53. The Morgan fingerprint density at radius 2 is 2.21 bits per heavy atom. The van der Waals surface area contributed by atoms with Crippen molar-refractivity contribution in [1.82, 2.24) is 9.97 Å². The van der Waals surface area contributed by atoms with Crippen molar-refractivity contribution in [2.75, 3.05) is 5.73 Å². The average molecular weight is 292 g/mol. The maximum atomic E-state index is 6.04. The van der Waals surface area contributed by atoms with E-state index in [4.69, 9.17) is 21.8 Å². The van der Waals surface area contributed by atoms with Gasteiger partial charge in [-0.1, -0.05) is 23.4 Å². The number of hydrogen-bond acceptors (Lipinski definition) is 5. The second kappa shape index (κ2) is 5.11. The second-order valence-corrected chi connectivity index (χ2v) is 5.29. The van der Waals surface area contributed by atoms with E-state index < -0.39 is 0 Å². The molecule has 0 amide bonds. The Balaban J connectivity index is 1.80. The van der Waals surface area contributed by atoms with Gasteiger partial charge in [0.25, 0.3) is 0 Å². The smallest absolute Gasteiger partial charge is 0.205 e. The Morgan fingerprint density at radius 3 is 3.05 bits per heavy atom. The lowest BCUT2D eigenvalue weighted by Gasteiger charge is -1.99. The molecule has 2 heterocycles. The van der Waals surface area contributed by atoms with Gasteiger partial charge < -0.3 is 10.2 Å². The molecule has 0 spiro atoms. The molecular formula is C13H10ClN3OS. The van der Waals surface area contributed by atoms with Gasteiger partial charge in [0.15, 0.2) is 5.58 Å². The number of rotatable bonds is 3. The minimum absolute atomic E-state index is 0.575. The Bertz CT molecular complexity index is 729. The fraction of sp³-hybridized carbons (Fsp3) is 0.0769. The highest BCUT2D eigenvalue weighted by molar-refractivity contribution is 7.98. The second-order valence-electron chi connectivity index (χ2n) is 3.91. The van der Waals surface area contributed by atoms with Crippen molar-refractivity contribution in [3.63, 3.8) is 0 Å². The maximum absolute atomic E-state index is 6.04. The first-order chi connectivity index (χ1) is 9.22. The summed E-state index contributed by atoms with van der Waals surface area (Å²) in [5.74, 6) is 1.21. The van der Waals surface area contributed by atoms with Crippen LogP contribution in [0, 0.1) is 0 Å². The van der Waals surface area contributed by atoms with Crippen LogP contribution in [-0.2, 0) is 5.75 Å². The molecule has 2 aromatic heterocycles. The van der Waals surface area contributed by atoms with E-state index in [0.717, 1.165) is 16.1 Å². The molecule has 3 rings (SSSR count). The van der Waals surface area contributed by atoms with Crippen LogP contribution in [0.25, 0.3) is 11.1 Å². The molecule has 2 N–H and O–H groups in total. The standard InChI is InChI=1S/C13H10ClN3OS/c14-9-2-1-5-16-13(9)19-7-12-17-10-6-8(15)3-4-11(10)18-12/h1-6H,7,15H2.